The van der Waals surface area contributed by atoms with E-state index in [-0.39, 0.29) is 15.4 Å². The number of carbonyl (C=O) groups is 2. The maximum absolute atomic E-state index is 12.1. The van der Waals surface area contributed by atoms with Crippen LogP contribution in [-0.4, -0.2) is 21.6 Å². The Morgan fingerprint density at radius 3 is 2.91 bits per heavy atom. The van der Waals surface area contributed by atoms with Gasteiger partial charge in [-0.05, 0) is 30.4 Å². The van der Waals surface area contributed by atoms with Gasteiger partial charge in [-0.15, -0.1) is 11.3 Å². The van der Waals surface area contributed by atoms with Crippen molar-refractivity contribution in [2.75, 3.05) is 0 Å². The van der Waals surface area contributed by atoms with Gasteiger partial charge in [0.2, 0.25) is 5.88 Å². The molecule has 1 N–H and O–H groups in total. The van der Waals surface area contributed by atoms with Gasteiger partial charge in [0, 0.05) is 10.8 Å². The minimum absolute atomic E-state index is 0.180. The predicted octanol–water partition coefficient (Wildman–Crippen LogP) is -0.242. The fraction of sp³-hybridized carbons (Fsp3) is 0.0667. The molecule has 0 aliphatic carbocycles. The number of aromatic hydroxyl groups is 1. The molecular formula is C15H9N2O4S2-. The van der Waals surface area contributed by atoms with Crippen molar-refractivity contribution in [3.63, 3.8) is 0 Å². The standard InChI is InChI=1S/C15H10N2O4S2/c18-12(19)7-17-14(21)11(23-15(17)22)6-9-5-8-3-1-2-4-10(8)16-13(9)20/h1-6,21H,7H2,(H,18,19)/p-1/b9-6+. The second kappa shape index (κ2) is 5.90. The lowest BCUT2D eigenvalue weighted by Crippen LogP contribution is -2.29. The first kappa shape index (κ1) is 15.3. The van der Waals surface area contributed by atoms with Crippen LogP contribution in [-0.2, 0) is 16.1 Å². The number of carbonyl (C=O) groups excluding carboxylic acids is 2. The molecule has 0 unspecified atom stereocenters. The number of hydrogen-bond acceptors (Lipinski definition) is 6. The summed E-state index contributed by atoms with van der Waals surface area (Å²) in [6, 6.07) is 7.17. The summed E-state index contributed by atoms with van der Waals surface area (Å²) < 4.78 is 1.22. The molecule has 116 valence electrons. The molecule has 1 aromatic carbocycles. The second-order valence-corrected chi connectivity index (χ2v) is 6.41. The number of rotatable bonds is 3. The highest BCUT2D eigenvalue weighted by Crippen LogP contribution is 2.28. The summed E-state index contributed by atoms with van der Waals surface area (Å²) in [6.07, 6.45) is 3.11. The van der Waals surface area contributed by atoms with Gasteiger partial charge < -0.3 is 15.0 Å². The summed E-state index contributed by atoms with van der Waals surface area (Å²) in [5, 5.41) is 22.1. The van der Waals surface area contributed by atoms with Crippen LogP contribution in [0.2, 0.25) is 0 Å². The number of hydrogen-bond donors (Lipinski definition) is 1. The zero-order valence-electron chi connectivity index (χ0n) is 11.6. The molecule has 1 aromatic heterocycles. The normalized spacial score (nSPS) is 15.0. The first-order valence-electron chi connectivity index (χ1n) is 6.49. The van der Waals surface area contributed by atoms with E-state index in [0.29, 0.717) is 10.2 Å². The highest BCUT2D eigenvalue weighted by molar-refractivity contribution is 7.73. The third-order valence-corrected chi connectivity index (χ3v) is 4.57. The van der Waals surface area contributed by atoms with Crippen LogP contribution < -0.4 is 15.7 Å². The van der Waals surface area contributed by atoms with Crippen molar-refractivity contribution in [3.05, 3.63) is 49.2 Å². The monoisotopic (exact) mass is 345 g/mol. The predicted molar refractivity (Wildman–Crippen MR) is 84.5 cm³/mol. The molecule has 23 heavy (non-hydrogen) atoms. The Morgan fingerprint density at radius 1 is 1.43 bits per heavy atom. The fourth-order valence-electron chi connectivity index (χ4n) is 2.14. The third-order valence-electron chi connectivity index (χ3n) is 3.18. The molecule has 2 heterocycles. The molecule has 0 fully saturated rings. The van der Waals surface area contributed by atoms with Gasteiger partial charge in [-0.25, -0.2) is 4.99 Å². The minimum atomic E-state index is -1.36. The number of fused-ring (bicyclic) bond motifs is 1. The largest absolute Gasteiger partial charge is 0.548 e. The Labute approximate surface area is 139 Å². The van der Waals surface area contributed by atoms with Crippen molar-refractivity contribution in [1.29, 1.82) is 0 Å². The number of carboxylic acid groups (broad SMARTS) is 1. The smallest absolute Gasteiger partial charge is 0.277 e. The topological polar surface area (TPSA) is 94.7 Å². The van der Waals surface area contributed by atoms with Crippen LogP contribution >= 0.6 is 23.6 Å². The van der Waals surface area contributed by atoms with Crippen LogP contribution in [0.1, 0.15) is 4.88 Å². The van der Waals surface area contributed by atoms with Crippen molar-refractivity contribution in [3.8, 4) is 5.88 Å². The quantitative estimate of drug-likeness (QED) is 0.612. The van der Waals surface area contributed by atoms with Gasteiger partial charge in [0.15, 0.2) is 3.95 Å². The number of aliphatic carboxylic acids is 1. The second-order valence-electron chi connectivity index (χ2n) is 4.73. The van der Waals surface area contributed by atoms with Crippen LogP contribution in [0.5, 0.6) is 5.88 Å². The van der Waals surface area contributed by atoms with Crippen molar-refractivity contribution in [2.45, 2.75) is 6.54 Å². The van der Waals surface area contributed by atoms with E-state index < -0.39 is 18.4 Å². The van der Waals surface area contributed by atoms with E-state index >= 15 is 0 Å². The Balaban J connectivity index is 2.10. The first-order chi connectivity index (χ1) is 11.0. The van der Waals surface area contributed by atoms with E-state index in [2.05, 4.69) is 4.99 Å². The molecular weight excluding hydrogens is 336 g/mol. The summed E-state index contributed by atoms with van der Waals surface area (Å²) >= 11 is 6.03. The number of para-hydroxylation sites is 1. The average Bonchev–Trinajstić information content (AvgIpc) is 2.75. The van der Waals surface area contributed by atoms with Gasteiger partial charge in [0.25, 0.3) is 5.91 Å². The fourth-order valence-corrected chi connectivity index (χ4v) is 3.39. The van der Waals surface area contributed by atoms with Gasteiger partial charge in [-0.1, -0.05) is 18.2 Å². The van der Waals surface area contributed by atoms with E-state index in [0.717, 1.165) is 21.1 Å². The van der Waals surface area contributed by atoms with E-state index in [1.807, 2.05) is 12.1 Å². The molecule has 1 amide bonds. The number of benzene rings is 1. The van der Waals surface area contributed by atoms with E-state index in [1.165, 1.54) is 6.08 Å². The minimum Gasteiger partial charge on any atom is -0.548 e. The number of amides is 1. The van der Waals surface area contributed by atoms with Crippen LogP contribution in [0.25, 0.3) is 12.2 Å². The zero-order chi connectivity index (χ0) is 16.6. The lowest BCUT2D eigenvalue weighted by atomic mass is 10.1. The van der Waals surface area contributed by atoms with Crippen molar-refractivity contribution in [2.24, 2.45) is 4.99 Å². The Bertz CT molecular complexity index is 1030. The molecule has 3 rings (SSSR count). The van der Waals surface area contributed by atoms with Crippen molar-refractivity contribution >= 4 is 47.6 Å². The summed E-state index contributed by atoms with van der Waals surface area (Å²) in [4.78, 5) is 27.0. The van der Waals surface area contributed by atoms with Crippen LogP contribution in [0.4, 0.5) is 0 Å². The van der Waals surface area contributed by atoms with Gasteiger partial charge in [-0.3, -0.25) is 9.36 Å². The van der Waals surface area contributed by atoms with Gasteiger partial charge >= 0.3 is 0 Å². The molecule has 0 saturated heterocycles. The summed E-state index contributed by atoms with van der Waals surface area (Å²) in [6.45, 7) is -0.546. The molecule has 1 aliphatic heterocycles. The van der Waals surface area contributed by atoms with Crippen LogP contribution in [0.15, 0.2) is 34.8 Å². The summed E-state index contributed by atoms with van der Waals surface area (Å²) in [5.41, 5.74) is 0.288. The highest BCUT2D eigenvalue weighted by atomic mass is 32.1. The highest BCUT2D eigenvalue weighted by Gasteiger charge is 2.15. The number of nitrogens with zero attached hydrogens (tertiary/aromatic N) is 2. The number of carboxylic acids is 1. The van der Waals surface area contributed by atoms with Crippen LogP contribution in [0.3, 0.4) is 0 Å². The average molecular weight is 345 g/mol. The zero-order valence-corrected chi connectivity index (χ0v) is 13.2. The van der Waals surface area contributed by atoms with E-state index in [1.54, 1.807) is 18.2 Å². The molecule has 2 aromatic rings. The maximum Gasteiger partial charge on any atom is 0.277 e. The Kier molecular flexibility index (Phi) is 3.93. The van der Waals surface area contributed by atoms with Gasteiger partial charge in [0.05, 0.1) is 22.7 Å². The van der Waals surface area contributed by atoms with Crippen LogP contribution in [0, 0.1) is 3.95 Å². The third kappa shape index (κ3) is 2.99. The molecule has 0 atom stereocenters. The molecule has 0 radical (unpaired) electrons. The van der Waals surface area contributed by atoms with Crippen molar-refractivity contribution < 1.29 is 19.8 Å². The van der Waals surface area contributed by atoms with Crippen molar-refractivity contribution in [1.82, 2.24) is 4.57 Å². The molecule has 1 aliphatic rings. The number of aromatic nitrogens is 1. The molecule has 8 heteroatoms. The molecule has 0 spiro atoms. The van der Waals surface area contributed by atoms with E-state index in [9.17, 15) is 19.8 Å². The Morgan fingerprint density at radius 2 is 2.17 bits per heavy atom. The molecule has 0 saturated carbocycles. The summed E-state index contributed by atoms with van der Waals surface area (Å²) in [7, 11) is 0. The SMILES string of the molecule is O=C([O-])Cn1c(O)c(/C=C2\C=c3ccccc3=NC2=O)sc1=S. The van der Waals surface area contributed by atoms with E-state index in [4.69, 9.17) is 12.2 Å². The molecule has 0 bridgehead atoms. The van der Waals surface area contributed by atoms with Gasteiger partial charge in [0.1, 0.15) is 0 Å². The molecule has 6 nitrogen and oxygen atoms in total. The van der Waals surface area contributed by atoms with Gasteiger partial charge in [-0.2, -0.15) is 0 Å². The Hall–Kier alpha value is -2.58. The maximum atomic E-state index is 12.1. The summed E-state index contributed by atoms with van der Waals surface area (Å²) in [5.74, 6) is -2.11. The lowest BCUT2D eigenvalue weighted by Gasteiger charge is -2.05. The first-order valence-corrected chi connectivity index (χ1v) is 7.72. The lowest BCUT2D eigenvalue weighted by molar-refractivity contribution is -0.306. The number of thiazole rings is 1.